The number of nitrogens with two attached hydrogens (primary N) is 1. The first-order chi connectivity index (χ1) is 16.0. The molecule has 4 N–H and O–H groups in total. The van der Waals surface area contributed by atoms with E-state index in [2.05, 4.69) is 10.6 Å². The fourth-order valence-electron chi connectivity index (χ4n) is 3.33. The maximum absolute atomic E-state index is 12.6. The van der Waals surface area contributed by atoms with Crippen LogP contribution >= 0.6 is 11.3 Å². The minimum Gasteiger partial charge on any atom is -0.351 e. The molecule has 0 fully saturated rings. The van der Waals surface area contributed by atoms with Gasteiger partial charge in [0.1, 0.15) is 5.69 Å². The van der Waals surface area contributed by atoms with E-state index in [0.29, 0.717) is 5.69 Å². The Morgan fingerprint density at radius 2 is 1.82 bits per heavy atom. The zero-order chi connectivity index (χ0) is 23.2. The Kier molecular flexibility index (Phi) is 6.66. The molecule has 2 heterocycles. The van der Waals surface area contributed by atoms with Crippen LogP contribution in [0.2, 0.25) is 0 Å². The van der Waals surface area contributed by atoms with Crippen molar-refractivity contribution in [3.05, 3.63) is 95.5 Å². The highest BCUT2D eigenvalue weighted by atomic mass is 32.1. The molecule has 0 aliphatic carbocycles. The first-order valence-electron chi connectivity index (χ1n) is 10.3. The fourth-order valence-corrected chi connectivity index (χ4v) is 4.07. The van der Waals surface area contributed by atoms with E-state index < -0.39 is 6.03 Å². The van der Waals surface area contributed by atoms with Gasteiger partial charge in [-0.15, -0.1) is 11.3 Å². The Hall–Kier alpha value is -4.17. The van der Waals surface area contributed by atoms with Gasteiger partial charge in [0.15, 0.2) is 0 Å². The molecule has 0 bridgehead atoms. The molecular formula is C25H23N5O2S. The van der Waals surface area contributed by atoms with Crippen LogP contribution in [0.4, 0.5) is 10.5 Å². The first kappa shape index (κ1) is 22.0. The highest BCUT2D eigenvalue weighted by Gasteiger charge is 2.13. The van der Waals surface area contributed by atoms with Gasteiger partial charge in [-0.3, -0.25) is 4.79 Å². The van der Waals surface area contributed by atoms with E-state index in [9.17, 15) is 9.59 Å². The maximum Gasteiger partial charge on any atom is 0.316 e. The van der Waals surface area contributed by atoms with Crippen molar-refractivity contribution in [3.63, 3.8) is 0 Å². The second-order valence-corrected chi connectivity index (χ2v) is 8.31. The first-order valence-corrected chi connectivity index (χ1v) is 11.2. The van der Waals surface area contributed by atoms with Crippen molar-refractivity contribution < 1.29 is 9.59 Å². The molecule has 3 amide bonds. The number of aromatic nitrogens is 2. The van der Waals surface area contributed by atoms with E-state index in [1.807, 2.05) is 77.8 Å². The molecular weight excluding hydrogens is 434 g/mol. The van der Waals surface area contributed by atoms with E-state index in [1.54, 1.807) is 29.5 Å². The predicted molar refractivity (Wildman–Crippen MR) is 132 cm³/mol. The summed E-state index contributed by atoms with van der Waals surface area (Å²) in [5.74, 6) is -0.216. The zero-order valence-electron chi connectivity index (χ0n) is 17.9. The Morgan fingerprint density at radius 1 is 1.06 bits per heavy atom. The van der Waals surface area contributed by atoms with Gasteiger partial charge in [-0.25, -0.2) is 9.48 Å². The molecule has 2 aromatic carbocycles. The largest absolute Gasteiger partial charge is 0.351 e. The average Bonchev–Trinajstić information content (AvgIpc) is 3.48. The van der Waals surface area contributed by atoms with Crippen molar-refractivity contribution in [2.45, 2.75) is 13.0 Å². The van der Waals surface area contributed by atoms with Crippen LogP contribution in [0.1, 0.15) is 24.1 Å². The molecule has 4 rings (SSSR count). The lowest BCUT2D eigenvalue weighted by Crippen LogP contribution is -2.24. The van der Waals surface area contributed by atoms with Crippen molar-refractivity contribution in [2.24, 2.45) is 5.73 Å². The molecule has 1 atom stereocenters. The van der Waals surface area contributed by atoms with E-state index in [-0.39, 0.29) is 11.9 Å². The lowest BCUT2D eigenvalue weighted by Gasteiger charge is -2.13. The molecule has 0 aliphatic rings. The number of para-hydroxylation sites is 1. The smallest absolute Gasteiger partial charge is 0.316 e. The van der Waals surface area contributed by atoms with Gasteiger partial charge in [0.2, 0.25) is 5.91 Å². The third-order valence-electron chi connectivity index (χ3n) is 4.97. The van der Waals surface area contributed by atoms with Crippen molar-refractivity contribution >= 4 is 35.0 Å². The number of thiophene rings is 1. The third-order valence-corrected chi connectivity index (χ3v) is 5.85. The number of amides is 3. The topological polar surface area (TPSA) is 102 Å². The van der Waals surface area contributed by atoms with Gasteiger partial charge in [-0.2, -0.15) is 5.10 Å². The van der Waals surface area contributed by atoms with Gasteiger partial charge in [0.25, 0.3) is 0 Å². The highest BCUT2D eigenvalue weighted by molar-refractivity contribution is 7.13. The summed E-state index contributed by atoms with van der Waals surface area (Å²) in [5, 5.41) is 12.2. The van der Waals surface area contributed by atoms with Crippen LogP contribution in [0, 0.1) is 0 Å². The summed E-state index contributed by atoms with van der Waals surface area (Å²) in [6.45, 7) is 1.90. The number of urea groups is 1. The number of rotatable bonds is 7. The van der Waals surface area contributed by atoms with E-state index in [0.717, 1.165) is 27.4 Å². The monoisotopic (exact) mass is 457 g/mol. The molecule has 4 aromatic rings. The highest BCUT2D eigenvalue weighted by Crippen LogP contribution is 2.28. The van der Waals surface area contributed by atoms with Crippen LogP contribution in [0.3, 0.4) is 0 Å². The molecule has 8 heteroatoms. The molecule has 0 aliphatic heterocycles. The SMILES string of the molecule is CC(NC(=O)/C=C/c1cn(-c2ccccc2)nc1-c1cccs1)c1ccc(NC(N)=O)cc1. The van der Waals surface area contributed by atoms with Gasteiger partial charge in [0.05, 0.1) is 16.6 Å². The van der Waals surface area contributed by atoms with E-state index in [1.165, 1.54) is 6.08 Å². The van der Waals surface area contributed by atoms with E-state index in [4.69, 9.17) is 10.8 Å². The van der Waals surface area contributed by atoms with Gasteiger partial charge in [-0.05, 0) is 54.3 Å². The quantitative estimate of drug-likeness (QED) is 0.341. The lowest BCUT2D eigenvalue weighted by atomic mass is 10.1. The summed E-state index contributed by atoms with van der Waals surface area (Å²) in [7, 11) is 0. The van der Waals surface area contributed by atoms with Crippen LogP contribution in [0.15, 0.2) is 84.4 Å². The molecule has 0 radical (unpaired) electrons. The number of carbonyl (C=O) groups is 2. The third kappa shape index (κ3) is 5.55. The average molecular weight is 458 g/mol. The van der Waals surface area contributed by atoms with Crippen LogP contribution < -0.4 is 16.4 Å². The minimum absolute atomic E-state index is 0.214. The zero-order valence-corrected chi connectivity index (χ0v) is 18.8. The summed E-state index contributed by atoms with van der Waals surface area (Å²) >= 11 is 1.60. The fraction of sp³-hybridized carbons (Fsp3) is 0.0800. The van der Waals surface area contributed by atoms with Crippen molar-refractivity contribution in [2.75, 3.05) is 5.32 Å². The normalized spacial score (nSPS) is 11.9. The predicted octanol–water partition coefficient (Wildman–Crippen LogP) is 4.98. The number of carbonyl (C=O) groups excluding carboxylic acids is 2. The molecule has 2 aromatic heterocycles. The van der Waals surface area contributed by atoms with Crippen LogP contribution in [0.25, 0.3) is 22.3 Å². The summed E-state index contributed by atoms with van der Waals surface area (Å²) in [6, 6.07) is 20.2. The van der Waals surface area contributed by atoms with Gasteiger partial charge < -0.3 is 16.4 Å². The summed E-state index contributed by atoms with van der Waals surface area (Å²) in [5.41, 5.74) is 9.25. The Balaban J connectivity index is 1.49. The summed E-state index contributed by atoms with van der Waals surface area (Å²) in [4.78, 5) is 24.6. The molecule has 0 saturated carbocycles. The molecule has 0 spiro atoms. The Morgan fingerprint density at radius 3 is 2.48 bits per heavy atom. The van der Waals surface area contributed by atoms with Gasteiger partial charge in [0, 0.05) is 23.5 Å². The number of nitrogens with one attached hydrogen (secondary N) is 2. The number of anilines is 1. The molecule has 0 saturated heterocycles. The van der Waals surface area contributed by atoms with Crippen LogP contribution in [-0.4, -0.2) is 21.7 Å². The maximum atomic E-state index is 12.6. The van der Waals surface area contributed by atoms with Crippen LogP contribution in [0.5, 0.6) is 0 Å². The van der Waals surface area contributed by atoms with Crippen molar-refractivity contribution in [3.8, 4) is 16.3 Å². The second kappa shape index (κ2) is 9.97. The Bertz CT molecular complexity index is 1260. The summed E-state index contributed by atoms with van der Waals surface area (Å²) in [6.07, 6.45) is 5.22. The number of primary amides is 1. The minimum atomic E-state index is -0.619. The molecule has 7 nitrogen and oxygen atoms in total. The van der Waals surface area contributed by atoms with E-state index >= 15 is 0 Å². The number of benzene rings is 2. The molecule has 1 unspecified atom stereocenters. The van der Waals surface area contributed by atoms with Crippen LogP contribution in [-0.2, 0) is 4.79 Å². The van der Waals surface area contributed by atoms with Crippen molar-refractivity contribution in [1.82, 2.24) is 15.1 Å². The summed E-state index contributed by atoms with van der Waals surface area (Å²) < 4.78 is 1.82. The molecule has 33 heavy (non-hydrogen) atoms. The molecule has 166 valence electrons. The Labute approximate surface area is 195 Å². The van der Waals surface area contributed by atoms with Gasteiger partial charge >= 0.3 is 6.03 Å². The number of hydrogen-bond donors (Lipinski definition) is 3. The lowest BCUT2D eigenvalue weighted by molar-refractivity contribution is -0.117. The number of hydrogen-bond acceptors (Lipinski definition) is 4. The number of nitrogens with zero attached hydrogens (tertiary/aromatic N) is 2. The standard InChI is InChI=1S/C25H23N5O2S/c1-17(18-9-12-20(13-10-18)28-25(26)32)27-23(31)14-11-19-16-30(21-6-3-2-4-7-21)29-24(19)22-8-5-15-33-22/h2-17H,1H3,(H,27,31)(H3,26,28,32)/b14-11+. The second-order valence-electron chi connectivity index (χ2n) is 7.37. The van der Waals surface area contributed by atoms with Gasteiger partial charge in [-0.1, -0.05) is 36.4 Å². The van der Waals surface area contributed by atoms with Crippen molar-refractivity contribution in [1.29, 1.82) is 0 Å².